The van der Waals surface area contributed by atoms with Crippen LogP contribution >= 0.6 is 0 Å². The van der Waals surface area contributed by atoms with Gasteiger partial charge in [0.05, 0.1) is 23.8 Å². The van der Waals surface area contributed by atoms with Crippen LogP contribution in [0.25, 0.3) is 0 Å². The molecule has 1 aliphatic heterocycles. The minimum atomic E-state index is -3.71. The van der Waals surface area contributed by atoms with Crippen molar-refractivity contribution in [3.8, 4) is 6.07 Å². The lowest BCUT2D eigenvalue weighted by Gasteiger charge is -2.26. The summed E-state index contributed by atoms with van der Waals surface area (Å²) in [4.78, 5) is 24.8. The summed E-state index contributed by atoms with van der Waals surface area (Å²) in [5.74, 6) is -0.572. The first-order valence-corrected chi connectivity index (χ1v) is 10.6. The Bertz CT molecular complexity index is 1180. The highest BCUT2D eigenvalue weighted by Gasteiger charge is 2.26. The van der Waals surface area contributed by atoms with Gasteiger partial charge in [-0.25, -0.2) is 13.1 Å². The van der Waals surface area contributed by atoms with Gasteiger partial charge in [0.25, 0.3) is 5.56 Å². The first-order valence-electron chi connectivity index (χ1n) is 9.20. The number of nitrogens with zero attached hydrogens (tertiary/aromatic N) is 4. The zero-order chi connectivity index (χ0) is 21.9. The van der Waals surface area contributed by atoms with E-state index in [1.54, 1.807) is 19.9 Å². The summed E-state index contributed by atoms with van der Waals surface area (Å²) in [5, 5.41) is 15.8. The maximum Gasteiger partial charge on any atom is 0.285 e. The van der Waals surface area contributed by atoms with Gasteiger partial charge < -0.3 is 10.1 Å². The van der Waals surface area contributed by atoms with Crippen LogP contribution in [0, 0.1) is 25.2 Å². The minimum Gasteiger partial charge on any atom is -0.379 e. The van der Waals surface area contributed by atoms with Crippen LogP contribution in [-0.2, 0) is 26.1 Å². The molecule has 0 unspecified atom stereocenters. The molecule has 1 amide bonds. The largest absolute Gasteiger partial charge is 0.379 e. The lowest BCUT2D eigenvalue weighted by atomic mass is 10.1. The van der Waals surface area contributed by atoms with Gasteiger partial charge in [0.15, 0.2) is 0 Å². The first-order chi connectivity index (χ1) is 14.2. The van der Waals surface area contributed by atoms with Crippen LogP contribution in [0.2, 0.25) is 0 Å². The fraction of sp³-hybridized carbons (Fsp3) is 0.368. The Balaban J connectivity index is 1.79. The zero-order valence-electron chi connectivity index (χ0n) is 16.6. The summed E-state index contributed by atoms with van der Waals surface area (Å²) in [6.45, 7) is 4.05. The molecule has 1 N–H and O–H groups in total. The van der Waals surface area contributed by atoms with E-state index in [9.17, 15) is 23.3 Å². The van der Waals surface area contributed by atoms with E-state index in [0.29, 0.717) is 24.5 Å². The second-order valence-corrected chi connectivity index (χ2v) is 8.69. The van der Waals surface area contributed by atoms with Crippen molar-refractivity contribution < 1.29 is 17.9 Å². The molecule has 3 rings (SSSR count). The molecule has 0 bridgehead atoms. The molecule has 0 spiro atoms. The molecular weight excluding hydrogens is 410 g/mol. The van der Waals surface area contributed by atoms with Crippen molar-refractivity contribution in [2.24, 2.45) is 0 Å². The third-order valence-corrected chi connectivity index (χ3v) is 6.66. The average Bonchev–Trinajstić information content (AvgIpc) is 2.73. The van der Waals surface area contributed by atoms with Crippen molar-refractivity contribution in [3.05, 3.63) is 51.4 Å². The summed E-state index contributed by atoms with van der Waals surface area (Å²) >= 11 is 0. The monoisotopic (exact) mass is 431 g/mol. The van der Waals surface area contributed by atoms with Gasteiger partial charge in [-0.1, -0.05) is 6.07 Å². The Hall–Kier alpha value is -3.07. The maximum atomic E-state index is 12.8. The molecule has 1 fully saturated rings. The van der Waals surface area contributed by atoms with Crippen molar-refractivity contribution in [1.82, 2.24) is 14.1 Å². The highest BCUT2D eigenvalue weighted by Crippen LogP contribution is 2.20. The third kappa shape index (κ3) is 4.40. The number of ether oxygens (including phenoxy) is 1. The zero-order valence-corrected chi connectivity index (χ0v) is 17.4. The van der Waals surface area contributed by atoms with Crippen molar-refractivity contribution in [2.45, 2.75) is 25.3 Å². The van der Waals surface area contributed by atoms with E-state index < -0.39 is 28.0 Å². The number of benzene rings is 1. The number of morpholine rings is 1. The molecule has 1 saturated heterocycles. The molecule has 158 valence electrons. The van der Waals surface area contributed by atoms with Gasteiger partial charge in [-0.15, -0.1) is 0 Å². The molecule has 0 aliphatic carbocycles. The topological polar surface area (TPSA) is 134 Å². The molecular formula is C19H21N5O5S. The van der Waals surface area contributed by atoms with Crippen molar-refractivity contribution in [3.63, 3.8) is 0 Å². The maximum absolute atomic E-state index is 12.8. The predicted octanol–water partition coefficient (Wildman–Crippen LogP) is 0.391. The number of nitriles is 1. The molecule has 0 saturated carbocycles. The number of sulfonamides is 1. The first kappa shape index (κ1) is 21.6. The van der Waals surface area contributed by atoms with Crippen LogP contribution in [0.15, 0.2) is 34.0 Å². The summed E-state index contributed by atoms with van der Waals surface area (Å²) < 4.78 is 33.0. The molecule has 0 atom stereocenters. The van der Waals surface area contributed by atoms with E-state index in [2.05, 4.69) is 10.4 Å². The van der Waals surface area contributed by atoms with Gasteiger partial charge in [0.1, 0.15) is 18.2 Å². The van der Waals surface area contributed by atoms with E-state index >= 15 is 0 Å². The Kier molecular flexibility index (Phi) is 6.31. The van der Waals surface area contributed by atoms with Gasteiger partial charge in [-0.05, 0) is 37.6 Å². The van der Waals surface area contributed by atoms with Crippen molar-refractivity contribution >= 4 is 21.6 Å². The number of aryl methyl sites for hydroxylation is 1. The highest BCUT2D eigenvalue weighted by molar-refractivity contribution is 7.89. The summed E-state index contributed by atoms with van der Waals surface area (Å²) in [5.41, 5.74) is 0.498. The molecule has 10 nitrogen and oxygen atoms in total. The molecule has 2 aromatic rings. The number of hydrogen-bond acceptors (Lipinski definition) is 7. The number of nitrogens with one attached hydrogen (secondary N) is 1. The molecule has 11 heteroatoms. The van der Waals surface area contributed by atoms with Crippen LogP contribution in [0.5, 0.6) is 0 Å². The van der Waals surface area contributed by atoms with E-state index in [-0.39, 0.29) is 29.2 Å². The Morgan fingerprint density at radius 2 is 2.00 bits per heavy atom. The Morgan fingerprint density at radius 3 is 2.67 bits per heavy atom. The molecule has 1 aromatic carbocycles. The second-order valence-electron chi connectivity index (χ2n) is 6.75. The van der Waals surface area contributed by atoms with Gasteiger partial charge in [0.2, 0.25) is 15.9 Å². The normalized spacial score (nSPS) is 14.8. The fourth-order valence-electron chi connectivity index (χ4n) is 3.02. The van der Waals surface area contributed by atoms with Crippen molar-refractivity contribution in [2.75, 3.05) is 31.6 Å². The van der Waals surface area contributed by atoms with Gasteiger partial charge in [0, 0.05) is 18.8 Å². The number of hydrogen-bond donors (Lipinski definition) is 1. The van der Waals surface area contributed by atoms with Gasteiger partial charge in [-0.2, -0.15) is 14.7 Å². The summed E-state index contributed by atoms with van der Waals surface area (Å²) in [6, 6.07) is 7.73. The number of rotatable bonds is 5. The number of anilines is 1. The number of carbonyl (C=O) groups excluding carboxylic acids is 1. The molecule has 1 aromatic heterocycles. The lowest BCUT2D eigenvalue weighted by Crippen LogP contribution is -2.40. The molecule has 1 aliphatic rings. The highest BCUT2D eigenvalue weighted by atomic mass is 32.2. The standard InChI is InChI=1S/C19H21N5O5S/c1-13-14(2)22-24(19(26)17(13)11-20)12-18(25)21-15-4-3-5-16(10-15)30(27,28)23-6-8-29-9-7-23/h3-5,10H,6-9,12H2,1-2H3,(H,21,25). The van der Waals surface area contributed by atoms with E-state index in [0.717, 1.165) is 4.68 Å². The average molecular weight is 431 g/mol. The predicted molar refractivity (Wildman–Crippen MR) is 107 cm³/mol. The smallest absolute Gasteiger partial charge is 0.285 e. The quantitative estimate of drug-likeness (QED) is 0.724. The van der Waals surface area contributed by atoms with Crippen molar-refractivity contribution in [1.29, 1.82) is 5.26 Å². The van der Waals surface area contributed by atoms with Crippen LogP contribution in [0.1, 0.15) is 16.8 Å². The summed E-state index contributed by atoms with van der Waals surface area (Å²) in [7, 11) is -3.71. The number of carbonyl (C=O) groups is 1. The van der Waals surface area contributed by atoms with Gasteiger partial charge >= 0.3 is 0 Å². The number of amides is 1. The SMILES string of the molecule is Cc1nn(CC(=O)Nc2cccc(S(=O)(=O)N3CCOCC3)c2)c(=O)c(C#N)c1C. The van der Waals surface area contributed by atoms with E-state index in [1.807, 2.05) is 6.07 Å². The summed E-state index contributed by atoms with van der Waals surface area (Å²) in [6.07, 6.45) is 0. The minimum absolute atomic E-state index is 0.0513. The van der Waals surface area contributed by atoms with Crippen LogP contribution in [0.4, 0.5) is 5.69 Å². The van der Waals surface area contributed by atoms with Crippen LogP contribution < -0.4 is 10.9 Å². The molecule has 0 radical (unpaired) electrons. The van der Waals surface area contributed by atoms with Crippen LogP contribution in [0.3, 0.4) is 0 Å². The lowest BCUT2D eigenvalue weighted by molar-refractivity contribution is -0.117. The van der Waals surface area contributed by atoms with Gasteiger partial charge in [-0.3, -0.25) is 9.59 Å². The number of aromatic nitrogens is 2. The second kappa shape index (κ2) is 8.74. The van der Waals surface area contributed by atoms with Crippen LogP contribution in [-0.4, -0.2) is 54.7 Å². The van der Waals surface area contributed by atoms with E-state index in [4.69, 9.17) is 4.74 Å². The Morgan fingerprint density at radius 1 is 1.30 bits per heavy atom. The molecule has 30 heavy (non-hydrogen) atoms. The van der Waals surface area contributed by atoms with E-state index in [1.165, 1.54) is 22.5 Å². The third-order valence-electron chi connectivity index (χ3n) is 4.77. The Labute approximate surface area is 173 Å². The molecule has 2 heterocycles. The fourth-order valence-corrected chi connectivity index (χ4v) is 4.47.